The van der Waals surface area contributed by atoms with Gasteiger partial charge in [-0.15, -0.1) is 0 Å². The summed E-state index contributed by atoms with van der Waals surface area (Å²) >= 11 is 0. The number of carboxylic acid groups (broad SMARTS) is 1. The molecule has 4 nitrogen and oxygen atoms in total. The van der Waals surface area contributed by atoms with Gasteiger partial charge in [0.15, 0.2) is 0 Å². The first-order valence-electron chi connectivity index (χ1n) is 5.80. The van der Waals surface area contributed by atoms with Crippen LogP contribution in [0.1, 0.15) is 30.1 Å². The van der Waals surface area contributed by atoms with Crippen molar-refractivity contribution in [3.05, 3.63) is 29.3 Å². The summed E-state index contributed by atoms with van der Waals surface area (Å²) in [6.45, 7) is 0.666. The highest BCUT2D eigenvalue weighted by molar-refractivity contribution is 5.79. The normalized spacial score (nSPS) is 21.5. The van der Waals surface area contributed by atoms with Crippen molar-refractivity contribution in [2.24, 2.45) is 5.41 Å². The maximum Gasteiger partial charge on any atom is 0.312 e. The zero-order chi connectivity index (χ0) is 12.0. The summed E-state index contributed by atoms with van der Waals surface area (Å²) in [6, 6.07) is 5.45. The maximum atomic E-state index is 11.1. The molecule has 90 valence electrons. The second-order valence-electron chi connectivity index (χ2n) is 4.83. The second kappa shape index (κ2) is 3.47. The lowest BCUT2D eigenvalue weighted by atomic mass is 9.91. The molecule has 0 amide bonds. The average Bonchev–Trinajstić information content (AvgIpc) is 3.00. The molecule has 1 heterocycles. The number of ether oxygens (including phenoxy) is 1. The van der Waals surface area contributed by atoms with Crippen LogP contribution in [0.15, 0.2) is 18.2 Å². The molecule has 4 heteroatoms. The molecule has 17 heavy (non-hydrogen) atoms. The van der Waals surface area contributed by atoms with E-state index in [1.807, 2.05) is 12.1 Å². The number of hydrogen-bond donors (Lipinski definition) is 2. The largest absolute Gasteiger partial charge is 0.493 e. The van der Waals surface area contributed by atoms with Gasteiger partial charge in [0.25, 0.3) is 0 Å². The molecule has 1 aliphatic carbocycles. The second-order valence-corrected chi connectivity index (χ2v) is 4.83. The Morgan fingerprint density at radius 3 is 2.82 bits per heavy atom. The van der Waals surface area contributed by atoms with E-state index in [9.17, 15) is 9.90 Å². The quantitative estimate of drug-likeness (QED) is 0.832. The van der Waals surface area contributed by atoms with Crippen LogP contribution < -0.4 is 4.74 Å². The van der Waals surface area contributed by atoms with Gasteiger partial charge in [-0.2, -0.15) is 0 Å². The van der Waals surface area contributed by atoms with Crippen LogP contribution in [0.3, 0.4) is 0 Å². The maximum absolute atomic E-state index is 11.1. The van der Waals surface area contributed by atoms with Crippen molar-refractivity contribution < 1.29 is 19.7 Å². The molecule has 1 aromatic carbocycles. The Balaban J connectivity index is 1.92. The van der Waals surface area contributed by atoms with Gasteiger partial charge in [0.2, 0.25) is 0 Å². The lowest BCUT2D eigenvalue weighted by Crippen LogP contribution is -2.23. The van der Waals surface area contributed by atoms with Crippen LogP contribution in [0.5, 0.6) is 5.75 Å². The lowest BCUT2D eigenvalue weighted by Gasteiger charge is -2.18. The number of aliphatic carboxylic acids is 1. The predicted molar refractivity (Wildman–Crippen MR) is 59.9 cm³/mol. The van der Waals surface area contributed by atoms with E-state index in [-0.39, 0.29) is 0 Å². The summed E-state index contributed by atoms with van der Waals surface area (Å²) in [4.78, 5) is 11.1. The number of hydrogen-bond acceptors (Lipinski definition) is 3. The minimum absolute atomic E-state index is 0.553. The van der Waals surface area contributed by atoms with Gasteiger partial charge in [0.1, 0.15) is 5.75 Å². The standard InChI is InChI=1S/C13H14O4/c14-11(13(4-5-13)12(15)16)9-1-2-10-8(7-9)3-6-17-10/h1-2,7,11,14H,3-6H2,(H,15,16). The number of carboxylic acids is 1. The summed E-state index contributed by atoms with van der Waals surface area (Å²) in [7, 11) is 0. The molecule has 1 unspecified atom stereocenters. The Morgan fingerprint density at radius 1 is 1.41 bits per heavy atom. The topological polar surface area (TPSA) is 66.8 Å². The van der Waals surface area contributed by atoms with E-state index in [0.717, 1.165) is 17.7 Å². The third-order valence-corrected chi connectivity index (χ3v) is 3.77. The van der Waals surface area contributed by atoms with Crippen molar-refractivity contribution in [1.29, 1.82) is 0 Å². The van der Waals surface area contributed by atoms with E-state index in [2.05, 4.69) is 0 Å². The van der Waals surface area contributed by atoms with Crippen molar-refractivity contribution in [3.63, 3.8) is 0 Å². The van der Waals surface area contributed by atoms with Crippen molar-refractivity contribution in [2.45, 2.75) is 25.4 Å². The molecule has 0 saturated heterocycles. The zero-order valence-corrected chi connectivity index (χ0v) is 9.35. The molecule has 0 bridgehead atoms. The van der Waals surface area contributed by atoms with Gasteiger partial charge < -0.3 is 14.9 Å². The minimum Gasteiger partial charge on any atom is -0.493 e. The zero-order valence-electron chi connectivity index (χ0n) is 9.35. The summed E-state index contributed by atoms with van der Waals surface area (Å²) < 4.78 is 5.38. The average molecular weight is 234 g/mol. The molecule has 0 spiro atoms. The molecular formula is C13H14O4. The molecule has 0 radical (unpaired) electrons. The molecular weight excluding hydrogens is 220 g/mol. The van der Waals surface area contributed by atoms with Crippen LogP contribution in [0.2, 0.25) is 0 Å². The monoisotopic (exact) mass is 234 g/mol. The third-order valence-electron chi connectivity index (χ3n) is 3.77. The number of benzene rings is 1. The number of carbonyl (C=O) groups is 1. The Hall–Kier alpha value is -1.55. The highest BCUT2D eigenvalue weighted by atomic mass is 16.5. The van der Waals surface area contributed by atoms with E-state index in [1.54, 1.807) is 6.07 Å². The first kappa shape index (κ1) is 10.6. The van der Waals surface area contributed by atoms with E-state index < -0.39 is 17.5 Å². The molecule has 1 atom stereocenters. The van der Waals surface area contributed by atoms with Crippen LogP contribution in [-0.2, 0) is 11.2 Å². The van der Waals surface area contributed by atoms with E-state index in [0.29, 0.717) is 25.0 Å². The fourth-order valence-electron chi connectivity index (χ4n) is 2.43. The first-order valence-corrected chi connectivity index (χ1v) is 5.80. The summed E-state index contributed by atoms with van der Waals surface area (Å²) in [5, 5.41) is 19.3. The minimum atomic E-state index is -0.951. The number of aliphatic hydroxyl groups is 1. The highest BCUT2D eigenvalue weighted by Crippen LogP contribution is 2.55. The molecule has 1 aliphatic heterocycles. The van der Waals surface area contributed by atoms with Crippen molar-refractivity contribution in [2.75, 3.05) is 6.61 Å². The lowest BCUT2D eigenvalue weighted by molar-refractivity contribution is -0.148. The molecule has 3 rings (SSSR count). The van der Waals surface area contributed by atoms with Gasteiger partial charge in [-0.1, -0.05) is 6.07 Å². The number of aliphatic hydroxyl groups excluding tert-OH is 1. The fourth-order valence-corrected chi connectivity index (χ4v) is 2.43. The summed E-state index contributed by atoms with van der Waals surface area (Å²) in [5.41, 5.74) is 0.796. The number of fused-ring (bicyclic) bond motifs is 1. The Bertz CT molecular complexity index is 476. The van der Waals surface area contributed by atoms with Crippen LogP contribution in [0.25, 0.3) is 0 Å². The van der Waals surface area contributed by atoms with E-state index in [4.69, 9.17) is 9.84 Å². The van der Waals surface area contributed by atoms with Crippen LogP contribution in [-0.4, -0.2) is 22.8 Å². The molecule has 1 fully saturated rings. The molecule has 1 aromatic rings. The SMILES string of the molecule is O=C(O)C1(C(O)c2ccc3c(c2)CCO3)CC1. The number of rotatable bonds is 3. The van der Waals surface area contributed by atoms with Crippen molar-refractivity contribution in [1.82, 2.24) is 0 Å². The molecule has 2 aliphatic rings. The Labute approximate surface area is 98.8 Å². The van der Waals surface area contributed by atoms with Crippen molar-refractivity contribution >= 4 is 5.97 Å². The molecule has 1 saturated carbocycles. The third kappa shape index (κ3) is 1.52. The fraction of sp³-hybridized carbons (Fsp3) is 0.462. The van der Waals surface area contributed by atoms with Gasteiger partial charge >= 0.3 is 5.97 Å². The summed E-state index contributed by atoms with van der Waals surface area (Å²) in [6.07, 6.45) is 1.02. The van der Waals surface area contributed by atoms with Gasteiger partial charge in [0.05, 0.1) is 18.1 Å². The highest BCUT2D eigenvalue weighted by Gasteiger charge is 2.56. The predicted octanol–water partition coefficient (Wildman–Crippen LogP) is 1.52. The van der Waals surface area contributed by atoms with Gasteiger partial charge in [-0.05, 0) is 36.1 Å². The first-order chi connectivity index (χ1) is 8.13. The van der Waals surface area contributed by atoms with E-state index in [1.165, 1.54) is 0 Å². The molecule has 0 aromatic heterocycles. The van der Waals surface area contributed by atoms with Gasteiger partial charge in [-0.3, -0.25) is 4.79 Å². The summed E-state index contributed by atoms with van der Waals surface area (Å²) in [5.74, 6) is -0.0529. The van der Waals surface area contributed by atoms with Gasteiger partial charge in [0, 0.05) is 6.42 Å². The van der Waals surface area contributed by atoms with Crippen LogP contribution in [0, 0.1) is 5.41 Å². The molecule has 2 N–H and O–H groups in total. The van der Waals surface area contributed by atoms with Crippen molar-refractivity contribution in [3.8, 4) is 5.75 Å². The smallest absolute Gasteiger partial charge is 0.312 e. The van der Waals surface area contributed by atoms with Crippen LogP contribution in [0.4, 0.5) is 0 Å². The Kier molecular flexibility index (Phi) is 2.16. The Morgan fingerprint density at radius 2 is 2.18 bits per heavy atom. The van der Waals surface area contributed by atoms with Gasteiger partial charge in [-0.25, -0.2) is 0 Å². The van der Waals surface area contributed by atoms with Crippen LogP contribution >= 0.6 is 0 Å². The van der Waals surface area contributed by atoms with E-state index >= 15 is 0 Å².